The quantitative estimate of drug-likeness (QED) is 0.709. The average Bonchev–Trinajstić information content (AvgIpc) is 2.33. The van der Waals surface area contributed by atoms with Crippen molar-refractivity contribution in [2.45, 2.75) is 38.6 Å². The van der Waals surface area contributed by atoms with Crippen LogP contribution >= 0.6 is 11.6 Å². The van der Waals surface area contributed by atoms with Gasteiger partial charge in [-0.1, -0.05) is 30.2 Å². The summed E-state index contributed by atoms with van der Waals surface area (Å²) in [5.41, 5.74) is 1.17. The number of carboxylic acids is 1. The van der Waals surface area contributed by atoms with Crippen LogP contribution in [0.5, 0.6) is 0 Å². The minimum absolute atomic E-state index is 0.267. The van der Waals surface area contributed by atoms with Crippen molar-refractivity contribution in [3.63, 3.8) is 0 Å². The maximum Gasteiger partial charge on any atom is 0.303 e. The molecule has 4 heteroatoms. The van der Waals surface area contributed by atoms with Crippen LogP contribution in [0.4, 0.5) is 0 Å². The van der Waals surface area contributed by atoms with E-state index in [1.165, 1.54) is 5.56 Å². The third-order valence-corrected chi connectivity index (χ3v) is 3.10. The van der Waals surface area contributed by atoms with Gasteiger partial charge in [-0.25, -0.2) is 0 Å². The van der Waals surface area contributed by atoms with Gasteiger partial charge in [0, 0.05) is 17.5 Å². The van der Waals surface area contributed by atoms with Crippen LogP contribution in [0.2, 0.25) is 5.02 Å². The second kappa shape index (κ2) is 8.11. The van der Waals surface area contributed by atoms with Crippen molar-refractivity contribution in [3.05, 3.63) is 34.9 Å². The highest BCUT2D eigenvalue weighted by Gasteiger charge is 2.04. The lowest BCUT2D eigenvalue weighted by molar-refractivity contribution is -0.137. The van der Waals surface area contributed by atoms with Gasteiger partial charge in [0.15, 0.2) is 0 Å². The van der Waals surface area contributed by atoms with E-state index in [2.05, 4.69) is 12.2 Å². The van der Waals surface area contributed by atoms with Crippen LogP contribution in [-0.4, -0.2) is 17.6 Å². The maximum atomic E-state index is 10.3. The lowest BCUT2D eigenvalue weighted by Crippen LogP contribution is -2.19. The molecule has 3 nitrogen and oxygen atoms in total. The molecular weight excluding hydrogens is 250 g/mol. The van der Waals surface area contributed by atoms with Crippen molar-refractivity contribution >= 4 is 17.6 Å². The number of rotatable bonds is 8. The Labute approximate surface area is 113 Å². The zero-order valence-electron chi connectivity index (χ0n) is 10.7. The summed E-state index contributed by atoms with van der Waals surface area (Å²) in [6, 6.07) is 8.09. The fourth-order valence-corrected chi connectivity index (χ4v) is 1.99. The van der Waals surface area contributed by atoms with Gasteiger partial charge in [-0.2, -0.15) is 0 Å². The predicted molar refractivity (Wildman–Crippen MR) is 74.0 cm³/mol. The van der Waals surface area contributed by atoms with E-state index in [-0.39, 0.29) is 12.5 Å². The molecule has 100 valence electrons. The molecule has 0 saturated carbocycles. The minimum Gasteiger partial charge on any atom is -0.481 e. The van der Waals surface area contributed by atoms with Crippen molar-refractivity contribution < 1.29 is 9.90 Å². The molecule has 0 spiro atoms. The van der Waals surface area contributed by atoms with E-state index >= 15 is 0 Å². The summed E-state index contributed by atoms with van der Waals surface area (Å²) in [4.78, 5) is 10.3. The second-order valence-electron chi connectivity index (χ2n) is 4.44. The van der Waals surface area contributed by atoms with Crippen molar-refractivity contribution in [2.75, 3.05) is 6.54 Å². The summed E-state index contributed by atoms with van der Waals surface area (Å²) in [5, 5.41) is 12.7. The summed E-state index contributed by atoms with van der Waals surface area (Å²) < 4.78 is 0. The molecule has 18 heavy (non-hydrogen) atoms. The minimum atomic E-state index is -0.713. The molecule has 0 fully saturated rings. The van der Waals surface area contributed by atoms with Crippen LogP contribution in [0.3, 0.4) is 0 Å². The number of carboxylic acid groups (broad SMARTS) is 1. The SMILES string of the molecule is CC(NCCCCCC(=O)O)c1cccc(Cl)c1. The summed E-state index contributed by atoms with van der Waals surface area (Å²) in [5.74, 6) is -0.713. The van der Waals surface area contributed by atoms with E-state index in [1.807, 2.05) is 24.3 Å². The molecule has 2 N–H and O–H groups in total. The highest BCUT2D eigenvalue weighted by Crippen LogP contribution is 2.17. The van der Waals surface area contributed by atoms with Crippen LogP contribution in [-0.2, 0) is 4.79 Å². The summed E-state index contributed by atoms with van der Waals surface area (Å²) >= 11 is 5.94. The van der Waals surface area contributed by atoms with E-state index in [1.54, 1.807) is 0 Å². The monoisotopic (exact) mass is 269 g/mol. The second-order valence-corrected chi connectivity index (χ2v) is 4.87. The first-order chi connectivity index (χ1) is 8.59. The average molecular weight is 270 g/mol. The van der Waals surface area contributed by atoms with E-state index in [4.69, 9.17) is 16.7 Å². The third kappa shape index (κ3) is 6.03. The van der Waals surface area contributed by atoms with E-state index in [0.29, 0.717) is 0 Å². The van der Waals surface area contributed by atoms with Gasteiger partial charge in [-0.15, -0.1) is 0 Å². The van der Waals surface area contributed by atoms with Gasteiger partial charge >= 0.3 is 5.97 Å². The smallest absolute Gasteiger partial charge is 0.303 e. The Morgan fingerprint density at radius 1 is 1.39 bits per heavy atom. The first kappa shape index (κ1) is 15.0. The molecule has 0 aliphatic carbocycles. The van der Waals surface area contributed by atoms with Crippen LogP contribution in [0, 0.1) is 0 Å². The number of halogens is 1. The van der Waals surface area contributed by atoms with Crippen LogP contribution in [0.25, 0.3) is 0 Å². The fourth-order valence-electron chi connectivity index (χ4n) is 1.79. The van der Waals surface area contributed by atoms with Crippen LogP contribution in [0.15, 0.2) is 24.3 Å². The summed E-state index contributed by atoms with van der Waals surface area (Å²) in [6.07, 6.45) is 2.96. The molecule has 0 heterocycles. The molecule has 0 radical (unpaired) electrons. The maximum absolute atomic E-state index is 10.3. The van der Waals surface area contributed by atoms with Gasteiger partial charge in [0.1, 0.15) is 0 Å². The van der Waals surface area contributed by atoms with Crippen molar-refractivity contribution in [2.24, 2.45) is 0 Å². The Balaban J connectivity index is 2.17. The molecule has 0 aliphatic heterocycles. The predicted octanol–water partition coefficient (Wildman–Crippen LogP) is 3.64. The number of hydrogen-bond donors (Lipinski definition) is 2. The Morgan fingerprint density at radius 2 is 2.17 bits per heavy atom. The number of carbonyl (C=O) groups is 1. The van der Waals surface area contributed by atoms with Gasteiger partial charge < -0.3 is 10.4 Å². The molecule has 0 aliphatic rings. The molecule has 0 bridgehead atoms. The number of nitrogens with one attached hydrogen (secondary N) is 1. The molecule has 0 saturated heterocycles. The van der Waals surface area contributed by atoms with Gasteiger partial charge in [-0.3, -0.25) is 4.79 Å². The zero-order valence-corrected chi connectivity index (χ0v) is 11.4. The Bertz CT molecular complexity index is 382. The van der Waals surface area contributed by atoms with E-state index in [9.17, 15) is 4.79 Å². The lowest BCUT2D eigenvalue weighted by Gasteiger charge is -2.14. The topological polar surface area (TPSA) is 49.3 Å². The molecule has 1 unspecified atom stereocenters. The number of benzene rings is 1. The number of aliphatic carboxylic acids is 1. The Morgan fingerprint density at radius 3 is 2.83 bits per heavy atom. The van der Waals surface area contributed by atoms with Crippen molar-refractivity contribution in [1.82, 2.24) is 5.32 Å². The van der Waals surface area contributed by atoms with E-state index in [0.717, 1.165) is 30.8 Å². The normalized spacial score (nSPS) is 12.3. The standard InChI is InChI=1S/C14H20ClNO2/c1-11(12-6-5-7-13(15)10-12)16-9-4-2-3-8-14(17)18/h5-7,10-11,16H,2-4,8-9H2,1H3,(H,17,18). The molecule has 0 aromatic heterocycles. The van der Waals surface area contributed by atoms with Gasteiger partial charge in [0.25, 0.3) is 0 Å². The van der Waals surface area contributed by atoms with Crippen molar-refractivity contribution in [1.29, 1.82) is 0 Å². The van der Waals surface area contributed by atoms with Crippen LogP contribution in [0.1, 0.15) is 44.2 Å². The highest BCUT2D eigenvalue weighted by atomic mass is 35.5. The van der Waals surface area contributed by atoms with Gasteiger partial charge in [0.05, 0.1) is 0 Å². The molecule has 1 atom stereocenters. The number of hydrogen-bond acceptors (Lipinski definition) is 2. The number of unbranched alkanes of at least 4 members (excludes halogenated alkanes) is 2. The highest BCUT2D eigenvalue weighted by molar-refractivity contribution is 6.30. The third-order valence-electron chi connectivity index (χ3n) is 2.87. The first-order valence-electron chi connectivity index (χ1n) is 6.30. The van der Waals surface area contributed by atoms with Gasteiger partial charge in [0.2, 0.25) is 0 Å². The van der Waals surface area contributed by atoms with Crippen molar-refractivity contribution in [3.8, 4) is 0 Å². The molecule has 1 rings (SSSR count). The zero-order chi connectivity index (χ0) is 13.4. The largest absolute Gasteiger partial charge is 0.481 e. The van der Waals surface area contributed by atoms with Crippen LogP contribution < -0.4 is 5.32 Å². The molecule has 1 aromatic carbocycles. The van der Waals surface area contributed by atoms with Gasteiger partial charge in [-0.05, 0) is 44.0 Å². The first-order valence-corrected chi connectivity index (χ1v) is 6.68. The summed E-state index contributed by atoms with van der Waals surface area (Å²) in [7, 11) is 0. The Hall–Kier alpha value is -1.06. The lowest BCUT2D eigenvalue weighted by atomic mass is 10.1. The molecule has 0 amide bonds. The molecule has 1 aromatic rings. The molecular formula is C14H20ClNO2. The summed E-state index contributed by atoms with van der Waals surface area (Å²) in [6.45, 7) is 3.00. The van der Waals surface area contributed by atoms with E-state index < -0.39 is 5.97 Å². The Kier molecular flexibility index (Phi) is 6.76. The fraction of sp³-hybridized carbons (Fsp3) is 0.500.